The fourth-order valence-electron chi connectivity index (χ4n) is 1.63. The second-order valence-corrected chi connectivity index (χ2v) is 4.72. The maximum absolute atomic E-state index is 9.30. The van der Waals surface area contributed by atoms with Gasteiger partial charge in [0.15, 0.2) is 0 Å². The summed E-state index contributed by atoms with van der Waals surface area (Å²) in [5.41, 5.74) is 1.42. The largest absolute Gasteiger partial charge is 0.492 e. The lowest BCUT2D eigenvalue weighted by Crippen LogP contribution is -1.99. The van der Waals surface area contributed by atoms with Crippen molar-refractivity contribution in [2.45, 2.75) is 19.8 Å². The summed E-state index contributed by atoms with van der Waals surface area (Å²) in [4.78, 5) is 4.24. The molecule has 0 aliphatic heterocycles. The molecule has 0 aliphatic rings. The molecule has 18 heavy (non-hydrogen) atoms. The van der Waals surface area contributed by atoms with Gasteiger partial charge in [0, 0.05) is 17.1 Å². The van der Waals surface area contributed by atoms with Crippen molar-refractivity contribution < 1.29 is 4.74 Å². The Morgan fingerprint density at radius 1 is 1.44 bits per heavy atom. The summed E-state index contributed by atoms with van der Waals surface area (Å²) >= 11 is 1.52. The number of nitriles is 1. The maximum Gasteiger partial charge on any atom is 0.137 e. The quantitative estimate of drug-likeness (QED) is 0.765. The average Bonchev–Trinajstić information content (AvgIpc) is 2.92. The lowest BCUT2D eigenvalue weighted by Gasteiger charge is -2.09. The topological polar surface area (TPSA) is 45.9 Å². The van der Waals surface area contributed by atoms with E-state index in [1.165, 1.54) is 11.3 Å². The molecule has 0 spiro atoms. The Kier molecular flexibility index (Phi) is 4.32. The molecule has 0 saturated carbocycles. The van der Waals surface area contributed by atoms with Crippen LogP contribution in [0.3, 0.4) is 0 Å². The summed E-state index contributed by atoms with van der Waals surface area (Å²) in [7, 11) is 0. The Morgan fingerprint density at radius 2 is 2.33 bits per heavy atom. The van der Waals surface area contributed by atoms with E-state index >= 15 is 0 Å². The maximum atomic E-state index is 9.30. The average molecular weight is 258 g/mol. The monoisotopic (exact) mass is 258 g/mol. The number of aromatic nitrogens is 1. The van der Waals surface area contributed by atoms with Crippen molar-refractivity contribution in [3.63, 3.8) is 0 Å². The number of nitrogens with zero attached hydrogens (tertiary/aromatic N) is 2. The second-order valence-electron chi connectivity index (χ2n) is 3.83. The fraction of sp³-hybridized carbons (Fsp3) is 0.286. The van der Waals surface area contributed by atoms with Crippen LogP contribution < -0.4 is 4.74 Å². The third kappa shape index (κ3) is 2.69. The SMILES string of the molecule is CCCCOc1cccc(-c2nccs2)c1C#N. The van der Waals surface area contributed by atoms with Crippen LogP contribution in [-0.2, 0) is 0 Å². The van der Waals surface area contributed by atoms with Crippen LogP contribution in [0.4, 0.5) is 0 Å². The summed E-state index contributed by atoms with van der Waals surface area (Å²) < 4.78 is 5.66. The first-order valence-corrected chi connectivity index (χ1v) is 6.80. The van der Waals surface area contributed by atoms with Crippen molar-refractivity contribution in [2.24, 2.45) is 0 Å². The van der Waals surface area contributed by atoms with Gasteiger partial charge in [0.25, 0.3) is 0 Å². The van der Waals surface area contributed by atoms with E-state index in [1.54, 1.807) is 6.20 Å². The first-order chi connectivity index (χ1) is 8.86. The second kappa shape index (κ2) is 6.18. The van der Waals surface area contributed by atoms with Gasteiger partial charge in [0.1, 0.15) is 22.4 Å². The Morgan fingerprint density at radius 3 is 3.00 bits per heavy atom. The number of benzene rings is 1. The Bertz CT molecular complexity index is 543. The van der Waals surface area contributed by atoms with Gasteiger partial charge in [0.05, 0.1) is 6.61 Å². The van der Waals surface area contributed by atoms with Gasteiger partial charge in [-0.25, -0.2) is 4.98 Å². The Hall–Kier alpha value is -1.86. The summed E-state index contributed by atoms with van der Waals surface area (Å²) in [5, 5.41) is 12.1. The van der Waals surface area contributed by atoms with E-state index < -0.39 is 0 Å². The third-order valence-electron chi connectivity index (χ3n) is 2.56. The van der Waals surface area contributed by atoms with Gasteiger partial charge in [-0.3, -0.25) is 0 Å². The van der Waals surface area contributed by atoms with Crippen LogP contribution in [0, 0.1) is 11.3 Å². The molecule has 0 fully saturated rings. The summed E-state index contributed by atoms with van der Waals surface area (Å²) in [6.07, 6.45) is 3.81. The fourth-order valence-corrected chi connectivity index (χ4v) is 2.30. The zero-order valence-electron chi connectivity index (χ0n) is 10.2. The minimum atomic E-state index is 0.573. The van der Waals surface area contributed by atoms with Gasteiger partial charge >= 0.3 is 0 Å². The van der Waals surface area contributed by atoms with E-state index in [2.05, 4.69) is 18.0 Å². The highest BCUT2D eigenvalue weighted by Gasteiger charge is 2.12. The highest BCUT2D eigenvalue weighted by molar-refractivity contribution is 7.13. The minimum Gasteiger partial charge on any atom is -0.492 e. The number of ether oxygens (including phenoxy) is 1. The van der Waals surface area contributed by atoms with E-state index in [9.17, 15) is 5.26 Å². The van der Waals surface area contributed by atoms with Crippen molar-refractivity contribution in [3.8, 4) is 22.4 Å². The summed E-state index contributed by atoms with van der Waals surface area (Å²) in [6, 6.07) is 7.87. The Balaban J connectivity index is 2.32. The highest BCUT2D eigenvalue weighted by atomic mass is 32.1. The van der Waals surface area contributed by atoms with Gasteiger partial charge < -0.3 is 4.74 Å². The number of hydrogen-bond acceptors (Lipinski definition) is 4. The molecule has 1 aromatic carbocycles. The van der Waals surface area contributed by atoms with Crippen molar-refractivity contribution in [1.82, 2.24) is 4.98 Å². The molecule has 0 radical (unpaired) electrons. The van der Waals surface area contributed by atoms with Gasteiger partial charge in [-0.1, -0.05) is 25.5 Å². The molecule has 92 valence electrons. The number of hydrogen-bond donors (Lipinski definition) is 0. The van der Waals surface area contributed by atoms with E-state index in [1.807, 2.05) is 23.6 Å². The van der Waals surface area contributed by atoms with Crippen LogP contribution in [-0.4, -0.2) is 11.6 Å². The molecule has 2 aromatic rings. The highest BCUT2D eigenvalue weighted by Crippen LogP contribution is 2.31. The third-order valence-corrected chi connectivity index (χ3v) is 3.36. The van der Waals surface area contributed by atoms with Crippen molar-refractivity contribution in [2.75, 3.05) is 6.61 Å². The van der Waals surface area contributed by atoms with Crippen LogP contribution in [0.25, 0.3) is 10.6 Å². The lowest BCUT2D eigenvalue weighted by atomic mass is 10.1. The predicted molar refractivity (Wildman–Crippen MR) is 72.7 cm³/mol. The van der Waals surface area contributed by atoms with Gasteiger partial charge in [0.2, 0.25) is 0 Å². The molecule has 0 unspecified atom stereocenters. The van der Waals surface area contributed by atoms with Crippen molar-refractivity contribution >= 4 is 11.3 Å². The molecule has 0 N–H and O–H groups in total. The number of rotatable bonds is 5. The minimum absolute atomic E-state index is 0.573. The van der Waals surface area contributed by atoms with Gasteiger partial charge in [-0.15, -0.1) is 11.3 Å². The lowest BCUT2D eigenvalue weighted by molar-refractivity contribution is 0.308. The molecule has 0 aliphatic carbocycles. The standard InChI is InChI=1S/C14H14N2OS/c1-2-3-8-17-13-6-4-5-11(12(13)10-15)14-16-7-9-18-14/h4-7,9H,2-3,8H2,1H3. The van der Waals surface area contributed by atoms with Crippen LogP contribution in [0.5, 0.6) is 5.75 Å². The molecule has 4 heteroatoms. The molecule has 0 bridgehead atoms. The first-order valence-electron chi connectivity index (χ1n) is 5.92. The number of unbranched alkanes of at least 4 members (excludes halogenated alkanes) is 1. The molecule has 3 nitrogen and oxygen atoms in total. The normalized spacial score (nSPS) is 10.0. The number of thiazole rings is 1. The van der Waals surface area contributed by atoms with Crippen LogP contribution in [0.1, 0.15) is 25.3 Å². The van der Waals surface area contributed by atoms with Crippen LogP contribution in [0.15, 0.2) is 29.8 Å². The smallest absolute Gasteiger partial charge is 0.137 e. The first kappa shape index (κ1) is 12.6. The molecule has 2 rings (SSSR count). The molecule has 1 heterocycles. The van der Waals surface area contributed by atoms with Crippen molar-refractivity contribution in [1.29, 1.82) is 5.26 Å². The van der Waals surface area contributed by atoms with Crippen LogP contribution >= 0.6 is 11.3 Å². The molecule has 1 aromatic heterocycles. The molecule has 0 amide bonds. The summed E-state index contributed by atoms with van der Waals surface area (Å²) in [6.45, 7) is 2.76. The zero-order chi connectivity index (χ0) is 12.8. The van der Waals surface area contributed by atoms with E-state index in [0.29, 0.717) is 17.9 Å². The molecular formula is C14H14N2OS. The summed E-state index contributed by atoms with van der Waals surface area (Å²) in [5.74, 6) is 0.652. The Labute approximate surface area is 111 Å². The van der Waals surface area contributed by atoms with E-state index in [4.69, 9.17) is 4.74 Å². The predicted octanol–water partition coefficient (Wildman–Crippen LogP) is 3.86. The van der Waals surface area contributed by atoms with Gasteiger partial charge in [-0.2, -0.15) is 5.26 Å². The van der Waals surface area contributed by atoms with Crippen LogP contribution in [0.2, 0.25) is 0 Å². The van der Waals surface area contributed by atoms with Gasteiger partial charge in [-0.05, 0) is 12.5 Å². The molecule has 0 saturated heterocycles. The van der Waals surface area contributed by atoms with Crippen molar-refractivity contribution in [3.05, 3.63) is 35.3 Å². The molecule has 0 atom stereocenters. The van der Waals surface area contributed by atoms with E-state index in [-0.39, 0.29) is 0 Å². The van der Waals surface area contributed by atoms with E-state index in [0.717, 1.165) is 23.4 Å². The molecular weight excluding hydrogens is 244 g/mol. The zero-order valence-corrected chi connectivity index (χ0v) is 11.0.